The molecule has 0 aromatic heterocycles. The van der Waals surface area contributed by atoms with Gasteiger partial charge in [-0.15, -0.1) is 0 Å². The maximum Gasteiger partial charge on any atom is 0.253 e. The van der Waals surface area contributed by atoms with Crippen LogP contribution in [0.2, 0.25) is 0 Å². The van der Waals surface area contributed by atoms with E-state index in [4.69, 9.17) is 5.73 Å². The molecule has 4 nitrogen and oxygen atoms in total. The van der Waals surface area contributed by atoms with Crippen LogP contribution in [0.25, 0.3) is 0 Å². The Kier molecular flexibility index (Phi) is 4.95. The molecule has 1 aromatic rings. The Morgan fingerprint density at radius 3 is 2.85 bits per heavy atom. The van der Waals surface area contributed by atoms with Crippen molar-refractivity contribution >= 4 is 11.6 Å². The average Bonchev–Trinajstić information content (AvgIpc) is 2.43. The van der Waals surface area contributed by atoms with E-state index < -0.39 is 5.82 Å². The summed E-state index contributed by atoms with van der Waals surface area (Å²) in [5.74, 6) is -0.0778. The van der Waals surface area contributed by atoms with Crippen LogP contribution in [0.1, 0.15) is 29.6 Å². The van der Waals surface area contributed by atoms with E-state index >= 15 is 0 Å². The van der Waals surface area contributed by atoms with Gasteiger partial charge in [0.25, 0.3) is 5.91 Å². The van der Waals surface area contributed by atoms with Gasteiger partial charge in [-0.25, -0.2) is 4.39 Å². The summed E-state index contributed by atoms with van der Waals surface area (Å²) in [6.07, 6.45) is 3.32. The molecule has 1 heterocycles. The van der Waals surface area contributed by atoms with Gasteiger partial charge in [-0.05, 0) is 63.5 Å². The fourth-order valence-corrected chi connectivity index (χ4v) is 2.56. The van der Waals surface area contributed by atoms with Gasteiger partial charge in [0.15, 0.2) is 0 Å². The van der Waals surface area contributed by atoms with Crippen molar-refractivity contribution in [2.75, 3.05) is 32.4 Å². The minimum atomic E-state index is -0.445. The number of benzene rings is 1. The molecule has 2 rings (SSSR count). The van der Waals surface area contributed by atoms with Crippen molar-refractivity contribution in [3.05, 3.63) is 29.6 Å². The summed E-state index contributed by atoms with van der Waals surface area (Å²) < 4.78 is 13.1. The second-order valence-corrected chi connectivity index (χ2v) is 5.52. The zero-order valence-corrected chi connectivity index (χ0v) is 11.9. The Morgan fingerprint density at radius 1 is 1.45 bits per heavy atom. The number of nitrogens with one attached hydrogen (secondary N) is 1. The van der Waals surface area contributed by atoms with Gasteiger partial charge >= 0.3 is 0 Å². The van der Waals surface area contributed by atoms with Crippen molar-refractivity contribution in [3.63, 3.8) is 0 Å². The van der Waals surface area contributed by atoms with Crippen molar-refractivity contribution in [3.8, 4) is 0 Å². The number of halogens is 1. The van der Waals surface area contributed by atoms with Gasteiger partial charge < -0.3 is 16.0 Å². The Balaban J connectivity index is 1.79. The summed E-state index contributed by atoms with van der Waals surface area (Å²) in [7, 11) is 2.13. The molecule has 0 atom stereocenters. The lowest BCUT2D eigenvalue weighted by molar-refractivity contribution is 0.0949. The molecule has 0 spiro atoms. The maximum absolute atomic E-state index is 13.1. The molecule has 1 fully saturated rings. The summed E-state index contributed by atoms with van der Waals surface area (Å²) in [5.41, 5.74) is 6.21. The number of rotatable bonds is 4. The first-order chi connectivity index (χ1) is 9.56. The third-order valence-corrected chi connectivity index (χ3v) is 3.94. The molecule has 20 heavy (non-hydrogen) atoms. The molecule has 1 aliphatic heterocycles. The van der Waals surface area contributed by atoms with Crippen molar-refractivity contribution in [1.82, 2.24) is 10.2 Å². The van der Waals surface area contributed by atoms with Crippen molar-refractivity contribution < 1.29 is 9.18 Å². The van der Waals surface area contributed by atoms with Crippen LogP contribution in [0.4, 0.5) is 10.1 Å². The van der Waals surface area contributed by atoms with Gasteiger partial charge in [-0.1, -0.05) is 0 Å². The second kappa shape index (κ2) is 6.70. The van der Waals surface area contributed by atoms with Crippen LogP contribution in [0.5, 0.6) is 0 Å². The molecule has 0 unspecified atom stereocenters. The highest BCUT2D eigenvalue weighted by atomic mass is 19.1. The Morgan fingerprint density at radius 2 is 2.15 bits per heavy atom. The number of nitrogen functional groups attached to an aromatic ring is 1. The van der Waals surface area contributed by atoms with Crippen LogP contribution in [0.15, 0.2) is 18.2 Å². The van der Waals surface area contributed by atoms with Gasteiger partial charge in [0.2, 0.25) is 0 Å². The average molecular weight is 279 g/mol. The highest BCUT2D eigenvalue weighted by Gasteiger charge is 2.17. The summed E-state index contributed by atoms with van der Waals surface area (Å²) in [6, 6.07) is 3.85. The number of anilines is 1. The lowest BCUT2D eigenvalue weighted by Gasteiger charge is -2.28. The van der Waals surface area contributed by atoms with E-state index in [9.17, 15) is 9.18 Å². The van der Waals surface area contributed by atoms with Crippen molar-refractivity contribution in [1.29, 1.82) is 0 Å². The van der Waals surface area contributed by atoms with E-state index in [2.05, 4.69) is 17.3 Å². The third kappa shape index (κ3) is 3.93. The predicted octanol–water partition coefficient (Wildman–Crippen LogP) is 1.87. The molecule has 110 valence electrons. The normalized spacial score (nSPS) is 17.1. The highest BCUT2D eigenvalue weighted by Crippen LogP contribution is 2.19. The topological polar surface area (TPSA) is 58.4 Å². The third-order valence-electron chi connectivity index (χ3n) is 3.94. The number of hydrogen-bond donors (Lipinski definition) is 2. The number of carbonyl (C=O) groups excluding carboxylic acids is 1. The van der Waals surface area contributed by atoms with Crippen LogP contribution in [-0.4, -0.2) is 37.5 Å². The minimum absolute atomic E-state index is 0.216. The molecule has 1 amide bonds. The summed E-state index contributed by atoms with van der Waals surface area (Å²) in [4.78, 5) is 14.3. The molecule has 1 aromatic carbocycles. The Bertz CT molecular complexity index is 470. The zero-order chi connectivity index (χ0) is 14.5. The number of piperidine rings is 1. The maximum atomic E-state index is 13.1. The zero-order valence-electron chi connectivity index (χ0n) is 11.9. The Hall–Kier alpha value is -1.62. The van der Waals surface area contributed by atoms with E-state index in [0.717, 1.165) is 19.5 Å². The number of amides is 1. The smallest absolute Gasteiger partial charge is 0.253 e. The van der Waals surface area contributed by atoms with E-state index in [-0.39, 0.29) is 11.5 Å². The molecule has 0 aliphatic carbocycles. The largest absolute Gasteiger partial charge is 0.398 e. The van der Waals surface area contributed by atoms with Crippen LogP contribution < -0.4 is 11.1 Å². The first kappa shape index (κ1) is 14.8. The quantitative estimate of drug-likeness (QED) is 0.827. The number of hydrogen-bond acceptors (Lipinski definition) is 3. The van der Waals surface area contributed by atoms with Crippen LogP contribution in [-0.2, 0) is 0 Å². The minimum Gasteiger partial charge on any atom is -0.398 e. The molecule has 0 saturated carbocycles. The van der Waals surface area contributed by atoms with E-state index in [1.165, 1.54) is 31.0 Å². The lowest BCUT2D eigenvalue weighted by Crippen LogP contribution is -2.32. The molecule has 0 radical (unpaired) electrons. The summed E-state index contributed by atoms with van der Waals surface area (Å²) in [6.45, 7) is 2.86. The molecule has 5 heteroatoms. The van der Waals surface area contributed by atoms with Gasteiger partial charge in [0.05, 0.1) is 5.56 Å². The highest BCUT2D eigenvalue weighted by molar-refractivity contribution is 5.99. The van der Waals surface area contributed by atoms with Gasteiger partial charge in [-0.3, -0.25) is 4.79 Å². The van der Waals surface area contributed by atoms with Crippen molar-refractivity contribution in [2.24, 2.45) is 5.92 Å². The molecule has 0 bridgehead atoms. The lowest BCUT2D eigenvalue weighted by atomic mass is 9.94. The fourth-order valence-electron chi connectivity index (χ4n) is 2.56. The summed E-state index contributed by atoms with van der Waals surface area (Å²) >= 11 is 0. The van der Waals surface area contributed by atoms with Gasteiger partial charge in [0.1, 0.15) is 5.82 Å². The molecule has 3 N–H and O–H groups in total. The fraction of sp³-hybridized carbons (Fsp3) is 0.533. The van der Waals surface area contributed by atoms with Crippen LogP contribution in [0, 0.1) is 11.7 Å². The number of likely N-dealkylation sites (tertiary alicyclic amines) is 1. The first-order valence-corrected chi connectivity index (χ1v) is 7.08. The van der Waals surface area contributed by atoms with Gasteiger partial charge in [0, 0.05) is 12.2 Å². The molecular weight excluding hydrogens is 257 g/mol. The van der Waals surface area contributed by atoms with Gasteiger partial charge in [-0.2, -0.15) is 0 Å². The molecule has 1 saturated heterocycles. The van der Waals surface area contributed by atoms with Crippen LogP contribution >= 0.6 is 0 Å². The van der Waals surface area contributed by atoms with Crippen LogP contribution in [0.3, 0.4) is 0 Å². The number of nitrogens with two attached hydrogens (primary N) is 1. The molecular formula is C15H22FN3O. The molecule has 1 aliphatic rings. The second-order valence-electron chi connectivity index (χ2n) is 5.52. The van der Waals surface area contributed by atoms with E-state index in [0.29, 0.717) is 18.2 Å². The van der Waals surface area contributed by atoms with E-state index in [1.54, 1.807) is 0 Å². The Labute approximate surface area is 119 Å². The summed E-state index contributed by atoms with van der Waals surface area (Å²) in [5, 5.41) is 2.83. The number of carbonyl (C=O) groups is 1. The SMILES string of the molecule is CN1CCC(CCNC(=O)c2cc(F)ccc2N)CC1. The monoisotopic (exact) mass is 279 g/mol. The predicted molar refractivity (Wildman–Crippen MR) is 78.0 cm³/mol. The number of nitrogens with zero attached hydrogens (tertiary/aromatic N) is 1. The first-order valence-electron chi connectivity index (χ1n) is 7.08. The van der Waals surface area contributed by atoms with Crippen molar-refractivity contribution in [2.45, 2.75) is 19.3 Å². The standard InChI is InChI=1S/C15H22FN3O/c1-19-8-5-11(6-9-19)4-7-18-15(20)13-10-12(16)2-3-14(13)17/h2-3,10-11H,4-9,17H2,1H3,(H,18,20). The van der Waals surface area contributed by atoms with E-state index in [1.807, 2.05) is 0 Å².